The van der Waals surface area contributed by atoms with Crippen molar-refractivity contribution in [3.63, 3.8) is 0 Å². The number of thiazole rings is 1. The van der Waals surface area contributed by atoms with E-state index in [1.54, 1.807) is 48.0 Å². The Morgan fingerprint density at radius 3 is 2.68 bits per heavy atom. The van der Waals surface area contributed by atoms with Crippen molar-refractivity contribution < 1.29 is 17.6 Å². The van der Waals surface area contributed by atoms with Gasteiger partial charge in [0, 0.05) is 27.9 Å². The van der Waals surface area contributed by atoms with Crippen LogP contribution in [-0.2, 0) is 15.9 Å². The molecule has 12 heteroatoms. The molecular formula is C26H17ClFN5O3S2. The lowest BCUT2D eigenvalue weighted by molar-refractivity contribution is 0.102. The standard InChI is InChI=1S/C26H17ClFN5O3S2/c27-12-25-31-23(14-37-25)26(34)32-22-8-15(19-10-16(28)11-21-18(19)6-7-29-21)9-24-20(22)13-30-33(24)38(35,36)17-4-2-1-3-5-17/h1-11,13-14,29H,12H2,(H,32,34). The topological polar surface area (TPSA) is 110 Å². The second kappa shape index (κ2) is 9.35. The summed E-state index contributed by atoms with van der Waals surface area (Å²) in [5.41, 5.74) is 2.27. The van der Waals surface area contributed by atoms with Crippen LogP contribution < -0.4 is 5.32 Å². The van der Waals surface area contributed by atoms with Gasteiger partial charge in [-0.15, -0.1) is 22.9 Å². The molecule has 0 saturated heterocycles. The molecule has 3 heterocycles. The van der Waals surface area contributed by atoms with Crippen LogP contribution >= 0.6 is 22.9 Å². The lowest BCUT2D eigenvalue weighted by Crippen LogP contribution is -2.15. The number of alkyl halides is 1. The summed E-state index contributed by atoms with van der Waals surface area (Å²) < 4.78 is 42.5. The summed E-state index contributed by atoms with van der Waals surface area (Å²) >= 11 is 7.09. The van der Waals surface area contributed by atoms with Gasteiger partial charge in [-0.25, -0.2) is 9.37 Å². The summed E-state index contributed by atoms with van der Waals surface area (Å²) in [6.07, 6.45) is 3.06. The van der Waals surface area contributed by atoms with Crippen LogP contribution in [0.5, 0.6) is 0 Å². The van der Waals surface area contributed by atoms with E-state index in [0.29, 0.717) is 32.7 Å². The van der Waals surface area contributed by atoms with Crippen molar-refractivity contribution in [1.82, 2.24) is 19.2 Å². The fourth-order valence-corrected chi connectivity index (χ4v) is 6.43. The molecule has 0 spiro atoms. The van der Waals surface area contributed by atoms with Gasteiger partial charge in [0.15, 0.2) is 0 Å². The molecule has 0 unspecified atom stereocenters. The molecule has 0 saturated carbocycles. The van der Waals surface area contributed by atoms with Crippen molar-refractivity contribution >= 4 is 66.4 Å². The van der Waals surface area contributed by atoms with Crippen molar-refractivity contribution in [2.45, 2.75) is 10.8 Å². The van der Waals surface area contributed by atoms with Gasteiger partial charge in [0.2, 0.25) is 0 Å². The van der Waals surface area contributed by atoms with Crippen LogP contribution in [0.2, 0.25) is 0 Å². The van der Waals surface area contributed by atoms with E-state index in [2.05, 4.69) is 20.4 Å². The first-order valence-corrected chi connectivity index (χ1v) is 14.1. The van der Waals surface area contributed by atoms with Gasteiger partial charge in [0.1, 0.15) is 16.5 Å². The number of rotatable bonds is 6. The highest BCUT2D eigenvalue weighted by Gasteiger charge is 2.23. The average Bonchev–Trinajstić information content (AvgIpc) is 3.68. The Morgan fingerprint density at radius 2 is 1.92 bits per heavy atom. The number of hydrogen-bond acceptors (Lipinski definition) is 6. The first-order valence-electron chi connectivity index (χ1n) is 11.3. The predicted octanol–water partition coefficient (Wildman–Crippen LogP) is 6.01. The van der Waals surface area contributed by atoms with E-state index in [0.717, 1.165) is 9.47 Å². The smallest absolute Gasteiger partial charge is 0.283 e. The van der Waals surface area contributed by atoms with E-state index < -0.39 is 21.7 Å². The van der Waals surface area contributed by atoms with Gasteiger partial charge in [-0.1, -0.05) is 18.2 Å². The van der Waals surface area contributed by atoms with Crippen molar-refractivity contribution in [3.05, 3.63) is 95.0 Å². The number of aromatic amines is 1. The van der Waals surface area contributed by atoms with Crippen molar-refractivity contribution in [3.8, 4) is 11.1 Å². The minimum absolute atomic E-state index is 0.0517. The highest BCUT2D eigenvalue weighted by Crippen LogP contribution is 2.36. The van der Waals surface area contributed by atoms with Crippen molar-refractivity contribution in [1.29, 1.82) is 0 Å². The molecule has 2 N–H and O–H groups in total. The number of anilines is 1. The lowest BCUT2D eigenvalue weighted by atomic mass is 9.99. The lowest BCUT2D eigenvalue weighted by Gasteiger charge is -2.12. The molecule has 38 heavy (non-hydrogen) atoms. The molecule has 3 aromatic heterocycles. The van der Waals surface area contributed by atoms with Crippen molar-refractivity contribution in [2.75, 3.05) is 5.32 Å². The molecule has 3 aromatic carbocycles. The Bertz CT molecular complexity index is 1950. The molecule has 190 valence electrons. The van der Waals surface area contributed by atoms with Gasteiger partial charge >= 0.3 is 0 Å². The van der Waals surface area contributed by atoms with Gasteiger partial charge in [0.25, 0.3) is 15.9 Å². The molecule has 0 atom stereocenters. The minimum Gasteiger partial charge on any atom is -0.361 e. The number of benzene rings is 3. The fourth-order valence-electron chi connectivity index (χ4n) is 4.28. The largest absolute Gasteiger partial charge is 0.361 e. The fraction of sp³-hybridized carbons (Fsp3) is 0.0385. The number of amides is 1. The van der Waals surface area contributed by atoms with Gasteiger partial charge < -0.3 is 10.3 Å². The normalized spacial score (nSPS) is 11.8. The average molecular weight is 566 g/mol. The van der Waals surface area contributed by atoms with E-state index >= 15 is 0 Å². The summed E-state index contributed by atoms with van der Waals surface area (Å²) in [5.74, 6) is -0.795. The van der Waals surface area contributed by atoms with Crippen LogP contribution in [0.1, 0.15) is 15.5 Å². The monoisotopic (exact) mass is 565 g/mol. The summed E-state index contributed by atoms with van der Waals surface area (Å²) in [7, 11) is -4.07. The molecular weight excluding hydrogens is 549 g/mol. The Labute approximate surface area is 224 Å². The van der Waals surface area contributed by atoms with Gasteiger partial charge in [-0.05, 0) is 53.6 Å². The number of fused-ring (bicyclic) bond motifs is 2. The van der Waals surface area contributed by atoms with Crippen LogP contribution in [0.4, 0.5) is 10.1 Å². The zero-order valence-electron chi connectivity index (χ0n) is 19.4. The number of carbonyl (C=O) groups excluding carboxylic acids is 1. The Morgan fingerprint density at radius 1 is 1.11 bits per heavy atom. The molecule has 6 aromatic rings. The molecule has 0 radical (unpaired) electrons. The van der Waals surface area contributed by atoms with Crippen molar-refractivity contribution in [2.24, 2.45) is 0 Å². The van der Waals surface area contributed by atoms with E-state index in [4.69, 9.17) is 11.6 Å². The summed E-state index contributed by atoms with van der Waals surface area (Å²) in [5, 5.41) is 10.3. The summed E-state index contributed by atoms with van der Waals surface area (Å²) in [4.78, 5) is 20.3. The number of halogens is 2. The van der Waals surface area contributed by atoms with Crippen LogP contribution in [0, 0.1) is 5.82 Å². The number of aromatic nitrogens is 4. The maximum Gasteiger partial charge on any atom is 0.283 e. The highest BCUT2D eigenvalue weighted by atomic mass is 35.5. The van der Waals surface area contributed by atoms with Crippen LogP contribution in [-0.4, -0.2) is 33.5 Å². The quantitative estimate of drug-likeness (QED) is 0.240. The molecule has 0 aliphatic rings. The molecule has 0 fully saturated rings. The summed E-state index contributed by atoms with van der Waals surface area (Å²) in [6.45, 7) is 0. The van der Waals surface area contributed by atoms with Crippen LogP contribution in [0.3, 0.4) is 0 Å². The SMILES string of the molecule is O=C(Nc1cc(-c2cc(F)cc3[nH]ccc23)cc2c1cnn2S(=O)(=O)c1ccccc1)c1csc(CCl)n1. The van der Waals surface area contributed by atoms with Gasteiger partial charge in [-0.3, -0.25) is 4.79 Å². The number of H-pyrrole nitrogens is 1. The summed E-state index contributed by atoms with van der Waals surface area (Å²) in [6, 6.07) is 15.7. The number of nitrogens with zero attached hydrogens (tertiary/aromatic N) is 3. The van der Waals surface area contributed by atoms with Gasteiger partial charge in [0.05, 0.1) is 28.2 Å². The molecule has 6 rings (SSSR count). The van der Waals surface area contributed by atoms with Crippen LogP contribution in [0.25, 0.3) is 32.9 Å². The second-order valence-corrected chi connectivity index (χ2v) is 11.3. The van der Waals surface area contributed by atoms with E-state index in [-0.39, 0.29) is 22.0 Å². The molecule has 8 nitrogen and oxygen atoms in total. The Balaban J connectivity index is 1.57. The third kappa shape index (κ3) is 4.14. The van der Waals surface area contributed by atoms with E-state index in [1.807, 2.05) is 0 Å². The first-order chi connectivity index (χ1) is 18.3. The molecule has 0 aliphatic carbocycles. The number of carbonyl (C=O) groups is 1. The maximum atomic E-state index is 14.6. The zero-order chi connectivity index (χ0) is 26.4. The van der Waals surface area contributed by atoms with E-state index in [9.17, 15) is 17.6 Å². The molecule has 1 amide bonds. The Kier molecular flexibility index (Phi) is 5.98. The van der Waals surface area contributed by atoms with E-state index in [1.165, 1.54) is 41.8 Å². The first kappa shape index (κ1) is 24.3. The maximum absolute atomic E-state index is 14.6. The predicted molar refractivity (Wildman–Crippen MR) is 146 cm³/mol. The molecule has 0 aliphatic heterocycles. The second-order valence-electron chi connectivity index (χ2n) is 8.37. The number of hydrogen-bond donors (Lipinski definition) is 2. The highest BCUT2D eigenvalue weighted by molar-refractivity contribution is 7.90. The van der Waals surface area contributed by atoms with Crippen LogP contribution in [0.15, 0.2) is 83.3 Å². The minimum atomic E-state index is -4.07. The van der Waals surface area contributed by atoms with Gasteiger partial charge in [-0.2, -0.15) is 17.6 Å². The third-order valence-electron chi connectivity index (χ3n) is 6.02. The third-order valence-corrected chi connectivity index (χ3v) is 8.89. The molecule has 0 bridgehead atoms. The number of nitrogens with one attached hydrogen (secondary N) is 2. The Hall–Kier alpha value is -4.06. The zero-order valence-corrected chi connectivity index (χ0v) is 21.7.